The van der Waals surface area contributed by atoms with Crippen molar-refractivity contribution in [2.45, 2.75) is 44.4 Å². The number of rotatable bonds is 5. The van der Waals surface area contributed by atoms with Crippen molar-refractivity contribution < 1.29 is 9.26 Å². The van der Waals surface area contributed by atoms with Crippen LogP contribution in [0.15, 0.2) is 10.7 Å². The van der Waals surface area contributed by atoms with Gasteiger partial charge in [0, 0.05) is 45.8 Å². The molecule has 1 saturated carbocycles. The molecule has 8 nitrogen and oxygen atoms in total. The van der Waals surface area contributed by atoms with Crippen LogP contribution in [0.4, 0.5) is 0 Å². The average molecular weight is 358 g/mol. The average Bonchev–Trinajstić information content (AvgIpc) is 3.25. The minimum absolute atomic E-state index is 0.0995. The fourth-order valence-electron chi connectivity index (χ4n) is 4.12. The monoisotopic (exact) mass is 358 g/mol. The van der Waals surface area contributed by atoms with Crippen LogP contribution in [0.25, 0.3) is 0 Å². The van der Waals surface area contributed by atoms with Gasteiger partial charge >= 0.3 is 0 Å². The smallest absolute Gasteiger partial charge is 0.257 e. The molecular weight excluding hydrogens is 332 g/mol. The number of hydrogen-bond acceptors (Lipinski definition) is 7. The Morgan fingerprint density at radius 1 is 1.23 bits per heavy atom. The van der Waals surface area contributed by atoms with Gasteiger partial charge in [-0.25, -0.2) is 0 Å². The van der Waals surface area contributed by atoms with Crippen LogP contribution in [-0.4, -0.2) is 68.5 Å². The summed E-state index contributed by atoms with van der Waals surface area (Å²) in [6.07, 6.45) is 4.62. The van der Waals surface area contributed by atoms with Gasteiger partial charge in [-0.15, -0.1) is 0 Å². The van der Waals surface area contributed by atoms with Gasteiger partial charge in [-0.3, -0.25) is 14.5 Å². The molecule has 2 aromatic rings. The highest BCUT2D eigenvalue weighted by atomic mass is 16.5. The largest absolute Gasteiger partial charge is 0.366 e. The second kappa shape index (κ2) is 6.44. The molecule has 4 heterocycles. The molecule has 3 fully saturated rings. The third-order valence-corrected chi connectivity index (χ3v) is 5.86. The predicted octanol–water partition coefficient (Wildman–Crippen LogP) is 1.25. The van der Waals surface area contributed by atoms with E-state index < -0.39 is 0 Å². The van der Waals surface area contributed by atoms with Gasteiger partial charge in [-0.2, -0.15) is 10.1 Å². The molecule has 0 amide bonds. The number of ether oxygens (including phenoxy) is 1. The van der Waals surface area contributed by atoms with Gasteiger partial charge in [-0.1, -0.05) is 5.16 Å². The first-order chi connectivity index (χ1) is 12.7. The lowest BCUT2D eigenvalue weighted by Gasteiger charge is -2.47. The van der Waals surface area contributed by atoms with E-state index in [1.165, 1.54) is 24.1 Å². The van der Waals surface area contributed by atoms with Crippen LogP contribution < -0.4 is 0 Å². The molecular formula is C18H26N6O2. The summed E-state index contributed by atoms with van der Waals surface area (Å²) in [6, 6.07) is 0.586. The number of nitrogens with zero attached hydrogens (tertiary/aromatic N) is 6. The third-order valence-electron chi connectivity index (χ3n) is 5.86. The number of aryl methyl sites for hydroxylation is 2. The molecule has 2 aromatic heterocycles. The minimum atomic E-state index is -0.0995. The summed E-state index contributed by atoms with van der Waals surface area (Å²) < 4.78 is 13.2. The first-order valence-electron chi connectivity index (χ1n) is 9.56. The van der Waals surface area contributed by atoms with E-state index in [4.69, 9.17) is 9.26 Å². The Bertz CT molecular complexity index is 776. The summed E-state index contributed by atoms with van der Waals surface area (Å²) in [6.45, 7) is 7.58. The van der Waals surface area contributed by atoms with Gasteiger partial charge in [0.15, 0.2) is 5.82 Å². The lowest BCUT2D eigenvalue weighted by atomic mass is 10.0. The maximum absolute atomic E-state index is 5.84. The van der Waals surface area contributed by atoms with Crippen molar-refractivity contribution in [1.29, 1.82) is 0 Å². The zero-order valence-electron chi connectivity index (χ0n) is 15.5. The van der Waals surface area contributed by atoms with Gasteiger partial charge in [0.2, 0.25) is 0 Å². The predicted molar refractivity (Wildman–Crippen MR) is 93.5 cm³/mol. The number of aromatic nitrogens is 4. The van der Waals surface area contributed by atoms with Gasteiger partial charge in [0.1, 0.15) is 6.10 Å². The van der Waals surface area contributed by atoms with Crippen molar-refractivity contribution in [2.75, 3.05) is 32.8 Å². The minimum Gasteiger partial charge on any atom is -0.366 e. The highest BCUT2D eigenvalue weighted by Crippen LogP contribution is 2.42. The molecule has 5 rings (SSSR count). The molecule has 2 aliphatic heterocycles. The van der Waals surface area contributed by atoms with Crippen molar-refractivity contribution in [1.82, 2.24) is 29.7 Å². The highest BCUT2D eigenvalue weighted by molar-refractivity contribution is 5.26. The van der Waals surface area contributed by atoms with Crippen LogP contribution in [0.2, 0.25) is 0 Å². The standard InChI is InChI=1S/C18H26N6O2/c1-12-20-18(26-21-12)17-11-24(5-6-25-17)14-8-23(9-14)10-16-15(13-3-4-13)7-19-22(16)2/h7,13-14,17H,3-6,8-11H2,1-2H3. The topological polar surface area (TPSA) is 72.5 Å². The van der Waals surface area contributed by atoms with Crippen molar-refractivity contribution in [2.24, 2.45) is 7.05 Å². The molecule has 8 heteroatoms. The molecule has 140 valence electrons. The van der Waals surface area contributed by atoms with E-state index in [0.29, 0.717) is 17.8 Å². The van der Waals surface area contributed by atoms with Crippen LogP contribution in [0.3, 0.4) is 0 Å². The molecule has 0 radical (unpaired) electrons. The van der Waals surface area contributed by atoms with Gasteiger partial charge in [0.25, 0.3) is 5.89 Å². The number of hydrogen-bond donors (Lipinski definition) is 0. The summed E-state index contributed by atoms with van der Waals surface area (Å²) in [5.74, 6) is 2.03. The third kappa shape index (κ3) is 3.06. The summed E-state index contributed by atoms with van der Waals surface area (Å²) in [4.78, 5) is 9.36. The normalized spacial score (nSPS) is 25.5. The zero-order valence-corrected chi connectivity index (χ0v) is 15.5. The fraction of sp³-hybridized carbons (Fsp3) is 0.722. The highest BCUT2D eigenvalue weighted by Gasteiger charge is 2.37. The summed E-state index contributed by atoms with van der Waals surface area (Å²) in [7, 11) is 2.07. The first kappa shape index (κ1) is 16.4. The van der Waals surface area contributed by atoms with Crippen molar-refractivity contribution >= 4 is 0 Å². The second-order valence-electron chi connectivity index (χ2n) is 7.83. The summed E-state index contributed by atoms with van der Waals surface area (Å²) in [5, 5.41) is 8.37. The molecule has 1 atom stereocenters. The Morgan fingerprint density at radius 3 is 2.81 bits per heavy atom. The molecule has 1 unspecified atom stereocenters. The number of likely N-dealkylation sites (tertiary alicyclic amines) is 1. The van der Waals surface area contributed by atoms with Gasteiger partial charge < -0.3 is 9.26 Å². The van der Waals surface area contributed by atoms with Crippen LogP contribution in [0, 0.1) is 6.92 Å². The lowest BCUT2D eigenvalue weighted by molar-refractivity contribution is -0.0846. The van der Waals surface area contributed by atoms with Crippen molar-refractivity contribution in [3.8, 4) is 0 Å². The fourth-order valence-corrected chi connectivity index (χ4v) is 4.12. The second-order valence-corrected chi connectivity index (χ2v) is 7.83. The maximum Gasteiger partial charge on any atom is 0.257 e. The Labute approximate surface area is 153 Å². The van der Waals surface area contributed by atoms with E-state index in [-0.39, 0.29) is 6.10 Å². The van der Waals surface area contributed by atoms with Crippen molar-refractivity contribution in [3.05, 3.63) is 29.2 Å². The Morgan fingerprint density at radius 2 is 2.08 bits per heavy atom. The summed E-state index contributed by atoms with van der Waals surface area (Å²) in [5.41, 5.74) is 2.86. The maximum atomic E-state index is 5.84. The van der Waals surface area contributed by atoms with Crippen LogP contribution in [0.5, 0.6) is 0 Å². The van der Waals surface area contributed by atoms with E-state index in [2.05, 4.69) is 43.0 Å². The van der Waals surface area contributed by atoms with E-state index in [1.54, 1.807) is 0 Å². The molecule has 0 bridgehead atoms. The van der Waals surface area contributed by atoms with Crippen LogP contribution >= 0.6 is 0 Å². The van der Waals surface area contributed by atoms with Gasteiger partial charge in [0.05, 0.1) is 18.5 Å². The Kier molecular flexibility index (Phi) is 4.06. The SMILES string of the molecule is Cc1noc(C2CN(C3CN(Cc4c(C5CC5)cnn4C)C3)CCO2)n1. The lowest BCUT2D eigenvalue weighted by Crippen LogP contribution is -2.61. The zero-order chi connectivity index (χ0) is 17.7. The molecule has 0 aromatic carbocycles. The van der Waals surface area contributed by atoms with Crippen molar-refractivity contribution in [3.63, 3.8) is 0 Å². The van der Waals surface area contributed by atoms with E-state index in [0.717, 1.165) is 45.2 Å². The van der Waals surface area contributed by atoms with E-state index in [9.17, 15) is 0 Å². The van der Waals surface area contributed by atoms with Gasteiger partial charge in [-0.05, 0) is 31.2 Å². The summed E-state index contributed by atoms with van der Waals surface area (Å²) >= 11 is 0. The van der Waals surface area contributed by atoms with E-state index >= 15 is 0 Å². The molecule has 0 spiro atoms. The molecule has 26 heavy (non-hydrogen) atoms. The molecule has 3 aliphatic rings. The van der Waals surface area contributed by atoms with E-state index in [1.807, 2.05) is 6.92 Å². The van der Waals surface area contributed by atoms with Crippen LogP contribution in [-0.2, 0) is 18.3 Å². The Hall–Kier alpha value is -1.77. The quantitative estimate of drug-likeness (QED) is 0.796. The molecule has 2 saturated heterocycles. The number of morpholine rings is 1. The molecule has 0 N–H and O–H groups in total. The first-order valence-corrected chi connectivity index (χ1v) is 9.56. The molecule has 1 aliphatic carbocycles. The van der Waals surface area contributed by atoms with Crippen LogP contribution in [0.1, 0.15) is 47.8 Å². The Balaban J connectivity index is 1.17.